The Kier molecular flexibility index (Phi) is 11.9. The van der Waals surface area contributed by atoms with Gasteiger partial charge in [-0.15, -0.1) is 0 Å². The van der Waals surface area contributed by atoms with E-state index in [1.165, 1.54) is 15.3 Å². The molecule has 6 aromatic rings. The topological polar surface area (TPSA) is 88.1 Å². The highest BCUT2D eigenvalue weighted by Crippen LogP contribution is 2.51. The number of nitrogens with zero attached hydrogens (tertiary/aromatic N) is 1. The maximum Gasteiger partial charge on any atom is 0.261 e. The van der Waals surface area contributed by atoms with Crippen molar-refractivity contribution in [2.75, 3.05) is 23.4 Å². The molecule has 7 nitrogen and oxygen atoms in total. The van der Waals surface area contributed by atoms with E-state index < -0.39 is 20.2 Å². The normalized spacial score (nSPS) is 20.2. The average molecular weight is 851 g/mol. The summed E-state index contributed by atoms with van der Waals surface area (Å²) in [7, 11) is -2.96. The van der Waals surface area contributed by atoms with Crippen LogP contribution in [0.4, 0.5) is 17.1 Å². The smallest absolute Gasteiger partial charge is 0.261 e. The Hall–Kier alpha value is -6.32. The molecule has 2 amide bonds. The molecule has 2 N–H and O–H groups in total. The van der Waals surface area contributed by atoms with Crippen molar-refractivity contribution in [2.45, 2.75) is 51.2 Å². The fraction of sp³-hybridized carbons (Fsp3) is 0.236. The lowest BCUT2D eigenvalue weighted by Gasteiger charge is -2.44. The van der Waals surface area contributed by atoms with E-state index >= 15 is 0 Å². The first-order chi connectivity index (χ1) is 30.6. The van der Waals surface area contributed by atoms with E-state index in [2.05, 4.69) is 105 Å². The van der Waals surface area contributed by atoms with E-state index in [9.17, 15) is 14.7 Å². The largest absolute Gasteiger partial charge is 0.508 e. The molecule has 0 unspecified atom stereocenters. The molecule has 0 spiro atoms. The van der Waals surface area contributed by atoms with Crippen LogP contribution in [0, 0.1) is 17.8 Å². The Labute approximate surface area is 371 Å². The van der Waals surface area contributed by atoms with Crippen LogP contribution < -0.4 is 20.6 Å². The molecule has 0 aromatic heterocycles. The van der Waals surface area contributed by atoms with Crippen LogP contribution in [0.5, 0.6) is 5.75 Å². The number of benzene rings is 6. The molecule has 1 aliphatic carbocycles. The summed E-state index contributed by atoms with van der Waals surface area (Å²) < 4.78 is 14.4. The van der Waals surface area contributed by atoms with Gasteiger partial charge in [0.05, 0.1) is 36.8 Å². The molecule has 9 rings (SSSR count). The zero-order valence-corrected chi connectivity index (χ0v) is 37.1. The van der Waals surface area contributed by atoms with Gasteiger partial charge in [-0.1, -0.05) is 148 Å². The minimum Gasteiger partial charge on any atom is -0.508 e. The average Bonchev–Trinajstić information content (AvgIpc) is 3.84. The monoisotopic (exact) mass is 850 g/mol. The lowest BCUT2D eigenvalue weighted by atomic mass is 9.69. The molecule has 2 heterocycles. The zero-order valence-electron chi connectivity index (χ0n) is 36.1. The predicted molar refractivity (Wildman–Crippen MR) is 256 cm³/mol. The van der Waals surface area contributed by atoms with Crippen molar-refractivity contribution >= 4 is 59.2 Å². The SMILES string of the molecule is CC(C)(C)[Si](OCC1=C2[C@@H](CC/C(=C/c3ccc(O)cc3)c3ccccc3)OC[C@@H]2[C@@H]2C(=O)N(c3ccc(Nc4ccccc4)cc3)C(=O)[C@@H]2C1)(c1ccccc1)c1ccccc1. The number of amides is 2. The molecule has 0 saturated carbocycles. The number of nitrogens with one attached hydrogen (secondary N) is 1. The summed E-state index contributed by atoms with van der Waals surface area (Å²) >= 11 is 0. The number of phenolic OH excluding ortho intramolecular Hbond substituents is 1. The second-order valence-corrected chi connectivity index (χ2v) is 22.3. The third kappa shape index (κ3) is 8.34. The first kappa shape index (κ1) is 42.0. The third-order valence-corrected chi connectivity index (χ3v) is 18.1. The van der Waals surface area contributed by atoms with E-state index in [0.29, 0.717) is 38.2 Å². The molecule has 2 fully saturated rings. The van der Waals surface area contributed by atoms with E-state index in [4.69, 9.17) is 9.16 Å². The number of rotatable bonds is 13. The highest BCUT2D eigenvalue weighted by molar-refractivity contribution is 6.99. The van der Waals surface area contributed by atoms with Crippen LogP contribution in [-0.2, 0) is 18.8 Å². The number of imide groups is 1. The second-order valence-electron chi connectivity index (χ2n) is 18.0. The van der Waals surface area contributed by atoms with Crippen LogP contribution in [0.1, 0.15) is 51.2 Å². The van der Waals surface area contributed by atoms with Gasteiger partial charge in [0, 0.05) is 17.3 Å². The van der Waals surface area contributed by atoms with Gasteiger partial charge >= 0.3 is 0 Å². The van der Waals surface area contributed by atoms with Crippen LogP contribution in [0.25, 0.3) is 11.6 Å². The van der Waals surface area contributed by atoms with Gasteiger partial charge in [-0.2, -0.15) is 0 Å². The Morgan fingerprint density at radius 1 is 0.730 bits per heavy atom. The van der Waals surface area contributed by atoms with Crippen molar-refractivity contribution in [3.05, 3.63) is 192 Å². The predicted octanol–water partition coefficient (Wildman–Crippen LogP) is 10.6. The molecule has 8 heteroatoms. The van der Waals surface area contributed by atoms with Crippen LogP contribution in [0.3, 0.4) is 0 Å². The fourth-order valence-electron chi connectivity index (χ4n) is 10.2. The van der Waals surface area contributed by atoms with E-state index in [-0.39, 0.29) is 34.6 Å². The number of para-hydroxylation sites is 1. The Morgan fingerprint density at radius 3 is 1.90 bits per heavy atom. The van der Waals surface area contributed by atoms with Crippen molar-refractivity contribution in [3.63, 3.8) is 0 Å². The molecule has 4 atom stereocenters. The van der Waals surface area contributed by atoms with E-state index in [0.717, 1.165) is 39.2 Å². The summed E-state index contributed by atoms with van der Waals surface area (Å²) in [5.41, 5.74) is 7.86. The van der Waals surface area contributed by atoms with Gasteiger partial charge in [0.2, 0.25) is 11.8 Å². The van der Waals surface area contributed by atoms with Crippen LogP contribution in [0.15, 0.2) is 181 Å². The number of phenols is 1. The molecule has 6 aromatic carbocycles. The van der Waals surface area contributed by atoms with Crippen molar-refractivity contribution in [2.24, 2.45) is 17.8 Å². The number of hydrogen-bond acceptors (Lipinski definition) is 6. The minimum absolute atomic E-state index is 0.162. The standard InChI is InChI=1S/C55H54N2O5Si/c1-55(2,3)63(46-20-12-6-13-21-46,47-22-14-7-15-23-47)62-36-41-35-48-52(54(60)57(53(48)59)44-29-27-43(28-30-44)56-42-18-10-5-11-19-42)49-37-61-50(51(41)49)33-26-40(39-16-8-4-9-17-39)34-38-24-31-45(58)32-25-38/h4-25,27-32,34,48-50,52,56,58H,26,33,35-37H2,1-3H3/b40-34-/t48-,49+,50-,52-/m1/s1. The number of carbonyl (C=O) groups excluding carboxylic acids is 2. The lowest BCUT2D eigenvalue weighted by Crippen LogP contribution is -2.66. The third-order valence-electron chi connectivity index (χ3n) is 13.1. The summed E-state index contributed by atoms with van der Waals surface area (Å²) in [4.78, 5) is 30.8. The number of hydrogen-bond donors (Lipinski definition) is 2. The molecule has 318 valence electrons. The lowest BCUT2D eigenvalue weighted by molar-refractivity contribution is -0.122. The fourth-order valence-corrected chi connectivity index (χ4v) is 14.8. The van der Waals surface area contributed by atoms with Gasteiger partial charge in [0.15, 0.2) is 0 Å². The molecule has 2 aliphatic heterocycles. The van der Waals surface area contributed by atoms with Gasteiger partial charge in [0.1, 0.15) is 5.75 Å². The summed E-state index contributed by atoms with van der Waals surface area (Å²) in [6.45, 7) is 7.53. The van der Waals surface area contributed by atoms with Crippen molar-refractivity contribution < 1.29 is 23.9 Å². The molecule has 63 heavy (non-hydrogen) atoms. The summed E-state index contributed by atoms with van der Waals surface area (Å²) in [5.74, 6) is -1.41. The summed E-state index contributed by atoms with van der Waals surface area (Å²) in [5, 5.41) is 15.5. The Bertz CT molecular complexity index is 2570. The second kappa shape index (κ2) is 17.8. The Morgan fingerprint density at radius 2 is 1.30 bits per heavy atom. The number of anilines is 3. The first-order valence-corrected chi connectivity index (χ1v) is 23.9. The van der Waals surface area contributed by atoms with Gasteiger partial charge in [-0.05, 0) is 111 Å². The van der Waals surface area contributed by atoms with Crippen molar-refractivity contribution in [3.8, 4) is 5.75 Å². The molecule has 2 saturated heterocycles. The van der Waals surface area contributed by atoms with Gasteiger partial charge < -0.3 is 19.6 Å². The summed E-state index contributed by atoms with van der Waals surface area (Å²) in [6, 6.07) is 56.4. The number of ether oxygens (including phenoxy) is 1. The van der Waals surface area contributed by atoms with Crippen molar-refractivity contribution in [1.29, 1.82) is 0 Å². The van der Waals surface area contributed by atoms with Gasteiger partial charge in [-0.25, -0.2) is 0 Å². The molecule has 0 bridgehead atoms. The van der Waals surface area contributed by atoms with Crippen LogP contribution in [-0.4, -0.2) is 44.6 Å². The number of carbonyl (C=O) groups is 2. The minimum atomic E-state index is -2.96. The van der Waals surface area contributed by atoms with Crippen LogP contribution >= 0.6 is 0 Å². The maximum absolute atomic E-state index is 14.7. The van der Waals surface area contributed by atoms with Crippen LogP contribution in [0.2, 0.25) is 5.04 Å². The molecule has 3 aliphatic rings. The molecular formula is C55H54N2O5Si. The number of aromatic hydroxyl groups is 1. The molecular weight excluding hydrogens is 797 g/mol. The van der Waals surface area contributed by atoms with E-state index in [1.54, 1.807) is 12.1 Å². The summed E-state index contributed by atoms with van der Waals surface area (Å²) in [6.07, 6.45) is 3.74. The Balaban J connectivity index is 1.08. The highest BCUT2D eigenvalue weighted by atomic mass is 28.4. The zero-order chi connectivity index (χ0) is 43.6. The van der Waals surface area contributed by atoms with Gasteiger partial charge in [0.25, 0.3) is 8.32 Å². The molecule has 0 radical (unpaired) electrons. The van der Waals surface area contributed by atoms with Crippen molar-refractivity contribution in [1.82, 2.24) is 0 Å². The van der Waals surface area contributed by atoms with E-state index in [1.807, 2.05) is 84.9 Å². The highest BCUT2D eigenvalue weighted by Gasteiger charge is 2.58. The number of fused-ring (bicyclic) bond motifs is 3. The van der Waals surface area contributed by atoms with Gasteiger partial charge in [-0.3, -0.25) is 14.5 Å². The number of allylic oxidation sites excluding steroid dienone is 1. The maximum atomic E-state index is 14.7. The quantitative estimate of drug-likeness (QED) is 0.0521. The first-order valence-electron chi connectivity index (χ1n) is 22.0.